The third-order valence-corrected chi connectivity index (χ3v) is 11.9. The Balaban J connectivity index is 1.20. The number of hydrogen-bond acceptors (Lipinski definition) is 1. The Kier molecular flexibility index (Phi) is 6.13. The number of fused-ring (bicyclic) bond motifs is 9. The predicted molar refractivity (Wildman–Crippen MR) is 211 cm³/mol. The number of allylic oxidation sites excluding steroid dienone is 4. The van der Waals surface area contributed by atoms with Gasteiger partial charge in [0, 0.05) is 49.7 Å². The molecule has 0 spiro atoms. The van der Waals surface area contributed by atoms with Crippen molar-refractivity contribution in [3.8, 4) is 22.3 Å². The van der Waals surface area contributed by atoms with Crippen LogP contribution in [0.1, 0.15) is 62.4 Å². The SMILES string of the molecule is CC1(C)c2ccccc2-c2ccc(N(c3ccc4c(c3)C(C)(C)c3ccccc3-4)c3ccc4c(c3)c3ccccc3n4C3C=CC=CC3)cc21. The van der Waals surface area contributed by atoms with Gasteiger partial charge in [-0.1, -0.05) is 131 Å². The number of aromatic nitrogens is 1. The van der Waals surface area contributed by atoms with Crippen LogP contribution in [0.5, 0.6) is 0 Å². The van der Waals surface area contributed by atoms with Crippen LogP contribution in [0.2, 0.25) is 0 Å². The Labute approximate surface area is 294 Å². The molecule has 3 aliphatic carbocycles. The van der Waals surface area contributed by atoms with E-state index in [0.717, 1.165) is 6.42 Å². The van der Waals surface area contributed by atoms with Gasteiger partial charge in [-0.3, -0.25) is 0 Å². The molecule has 1 atom stereocenters. The van der Waals surface area contributed by atoms with Crippen molar-refractivity contribution in [2.24, 2.45) is 0 Å². The molecule has 0 aliphatic heterocycles. The summed E-state index contributed by atoms with van der Waals surface area (Å²) in [5, 5.41) is 2.58. The molecule has 7 aromatic rings. The molecule has 0 radical (unpaired) electrons. The molecule has 0 saturated carbocycles. The normalized spacial score (nSPS) is 17.5. The highest BCUT2D eigenvalue weighted by Gasteiger charge is 2.37. The van der Waals surface area contributed by atoms with Crippen LogP contribution in [0.25, 0.3) is 44.1 Å². The van der Waals surface area contributed by atoms with Crippen LogP contribution in [0.15, 0.2) is 152 Å². The van der Waals surface area contributed by atoms with E-state index in [1.165, 1.54) is 83.4 Å². The maximum absolute atomic E-state index is 2.53. The molecule has 3 aliphatic rings. The lowest BCUT2D eigenvalue weighted by atomic mass is 9.82. The van der Waals surface area contributed by atoms with Crippen molar-refractivity contribution in [2.75, 3.05) is 4.90 Å². The first-order valence-electron chi connectivity index (χ1n) is 18.0. The Hall–Kier alpha value is -5.60. The van der Waals surface area contributed by atoms with Gasteiger partial charge in [-0.15, -0.1) is 0 Å². The monoisotopic (exact) mass is 644 g/mol. The van der Waals surface area contributed by atoms with Crippen LogP contribution in [-0.4, -0.2) is 4.57 Å². The summed E-state index contributed by atoms with van der Waals surface area (Å²) in [7, 11) is 0. The molecule has 1 heterocycles. The fourth-order valence-electron chi connectivity index (χ4n) is 9.36. The molecule has 2 heteroatoms. The molecule has 0 saturated heterocycles. The second-order valence-electron chi connectivity index (χ2n) is 15.3. The molecular formula is C48H40N2. The Morgan fingerprint density at radius 1 is 0.500 bits per heavy atom. The van der Waals surface area contributed by atoms with Crippen LogP contribution in [0.3, 0.4) is 0 Å². The topological polar surface area (TPSA) is 8.17 Å². The summed E-state index contributed by atoms with van der Waals surface area (Å²) < 4.78 is 2.53. The van der Waals surface area contributed by atoms with Crippen LogP contribution in [-0.2, 0) is 10.8 Å². The third kappa shape index (κ3) is 4.02. The molecule has 2 nitrogen and oxygen atoms in total. The van der Waals surface area contributed by atoms with E-state index >= 15 is 0 Å². The molecule has 6 aromatic carbocycles. The standard InChI is InChI=1S/C48H40N2/c1-47(2)41-19-11-8-16-35(41)37-25-22-33(29-43(37)47)49(34-23-26-38-36-17-9-12-20-42(36)48(3,4)44(38)30-34)32-24-27-46-40(28-32)39-18-10-13-21-45(39)50(46)31-14-6-5-7-15-31/h5-14,16-31H,15H2,1-4H3. The highest BCUT2D eigenvalue weighted by molar-refractivity contribution is 6.10. The molecular weight excluding hydrogens is 605 g/mol. The number of benzene rings is 6. The molecule has 0 N–H and O–H groups in total. The van der Waals surface area contributed by atoms with Gasteiger partial charge in [0.15, 0.2) is 0 Å². The van der Waals surface area contributed by atoms with E-state index in [4.69, 9.17) is 0 Å². The first-order chi connectivity index (χ1) is 24.3. The van der Waals surface area contributed by atoms with Crippen LogP contribution in [0, 0.1) is 0 Å². The van der Waals surface area contributed by atoms with E-state index < -0.39 is 0 Å². The highest BCUT2D eigenvalue weighted by atomic mass is 15.1. The van der Waals surface area contributed by atoms with Gasteiger partial charge in [0.2, 0.25) is 0 Å². The fraction of sp³-hybridized carbons (Fsp3) is 0.167. The van der Waals surface area contributed by atoms with Gasteiger partial charge >= 0.3 is 0 Å². The minimum Gasteiger partial charge on any atom is -0.333 e. The van der Waals surface area contributed by atoms with Gasteiger partial charge < -0.3 is 9.47 Å². The van der Waals surface area contributed by atoms with E-state index in [9.17, 15) is 0 Å². The van der Waals surface area contributed by atoms with Crippen LogP contribution in [0.4, 0.5) is 17.1 Å². The molecule has 10 rings (SSSR count). The Bertz CT molecular complexity index is 2480. The van der Waals surface area contributed by atoms with E-state index in [0.29, 0.717) is 6.04 Å². The molecule has 1 unspecified atom stereocenters. The predicted octanol–water partition coefficient (Wildman–Crippen LogP) is 12.9. The third-order valence-electron chi connectivity index (χ3n) is 11.9. The first kappa shape index (κ1) is 29.3. The van der Waals surface area contributed by atoms with Gasteiger partial charge in [-0.25, -0.2) is 0 Å². The average molecular weight is 645 g/mol. The number of para-hydroxylation sites is 1. The lowest BCUT2D eigenvalue weighted by Crippen LogP contribution is -2.18. The molecule has 1 aromatic heterocycles. The summed E-state index contributed by atoms with van der Waals surface area (Å²) >= 11 is 0. The lowest BCUT2D eigenvalue weighted by molar-refractivity contribution is 0.648. The molecule has 0 bridgehead atoms. The number of anilines is 3. The van der Waals surface area contributed by atoms with Gasteiger partial charge in [-0.2, -0.15) is 0 Å². The zero-order valence-electron chi connectivity index (χ0n) is 29.1. The zero-order chi connectivity index (χ0) is 33.8. The van der Waals surface area contributed by atoms with Crippen molar-refractivity contribution in [2.45, 2.75) is 51.0 Å². The van der Waals surface area contributed by atoms with Crippen molar-refractivity contribution in [3.05, 3.63) is 174 Å². The quantitative estimate of drug-likeness (QED) is 0.185. The van der Waals surface area contributed by atoms with Crippen molar-refractivity contribution >= 4 is 38.9 Å². The smallest absolute Gasteiger partial charge is 0.0560 e. The summed E-state index contributed by atoms with van der Waals surface area (Å²) in [6.45, 7) is 9.49. The van der Waals surface area contributed by atoms with Gasteiger partial charge in [0.05, 0.1) is 6.04 Å². The largest absolute Gasteiger partial charge is 0.333 e. The van der Waals surface area contributed by atoms with E-state index in [-0.39, 0.29) is 10.8 Å². The van der Waals surface area contributed by atoms with E-state index in [1.54, 1.807) is 0 Å². The molecule has 242 valence electrons. The first-order valence-corrected chi connectivity index (χ1v) is 18.0. The summed E-state index contributed by atoms with van der Waals surface area (Å²) in [6.07, 6.45) is 9.96. The summed E-state index contributed by atoms with van der Waals surface area (Å²) in [5.41, 5.74) is 16.9. The number of rotatable bonds is 4. The molecule has 50 heavy (non-hydrogen) atoms. The molecule has 0 fully saturated rings. The maximum Gasteiger partial charge on any atom is 0.0560 e. The summed E-state index contributed by atoms with van der Waals surface area (Å²) in [6, 6.07) is 48.4. The average Bonchev–Trinajstić information content (AvgIpc) is 3.69. The number of nitrogens with zero attached hydrogens (tertiary/aromatic N) is 2. The minimum absolute atomic E-state index is 0.0888. The summed E-state index contributed by atoms with van der Waals surface area (Å²) in [5.74, 6) is 0. The van der Waals surface area contributed by atoms with E-state index in [1.807, 2.05) is 0 Å². The molecule has 0 amide bonds. The zero-order valence-corrected chi connectivity index (χ0v) is 29.1. The fourth-order valence-corrected chi connectivity index (χ4v) is 9.36. The minimum atomic E-state index is -0.0888. The van der Waals surface area contributed by atoms with Crippen molar-refractivity contribution in [3.63, 3.8) is 0 Å². The van der Waals surface area contributed by atoms with Gasteiger partial charge in [0.1, 0.15) is 0 Å². The highest BCUT2D eigenvalue weighted by Crippen LogP contribution is 2.53. The number of hydrogen-bond donors (Lipinski definition) is 0. The van der Waals surface area contributed by atoms with Gasteiger partial charge in [0.25, 0.3) is 0 Å². The Morgan fingerprint density at radius 2 is 1.02 bits per heavy atom. The second-order valence-corrected chi connectivity index (χ2v) is 15.3. The van der Waals surface area contributed by atoms with Crippen LogP contribution >= 0.6 is 0 Å². The van der Waals surface area contributed by atoms with E-state index in [2.05, 4.69) is 189 Å². The van der Waals surface area contributed by atoms with Crippen LogP contribution < -0.4 is 4.90 Å². The lowest BCUT2D eigenvalue weighted by Gasteiger charge is -2.30. The second kappa shape index (κ2) is 10.5. The van der Waals surface area contributed by atoms with Crippen molar-refractivity contribution in [1.82, 2.24) is 4.57 Å². The van der Waals surface area contributed by atoms with Crippen molar-refractivity contribution < 1.29 is 0 Å². The maximum atomic E-state index is 2.53. The Morgan fingerprint density at radius 3 is 1.64 bits per heavy atom. The van der Waals surface area contributed by atoms with Crippen molar-refractivity contribution in [1.29, 1.82) is 0 Å². The summed E-state index contributed by atoms with van der Waals surface area (Å²) in [4.78, 5) is 2.49. The van der Waals surface area contributed by atoms with Gasteiger partial charge in [-0.05, 0) is 99.5 Å².